The van der Waals surface area contributed by atoms with Crippen molar-refractivity contribution in [3.05, 3.63) is 70.7 Å². The van der Waals surface area contributed by atoms with Crippen LogP contribution in [0.3, 0.4) is 0 Å². The summed E-state index contributed by atoms with van der Waals surface area (Å²) in [6, 6.07) is 16.3. The summed E-state index contributed by atoms with van der Waals surface area (Å²) in [6.45, 7) is 12.7. The highest BCUT2D eigenvalue weighted by Gasteiger charge is 2.23. The van der Waals surface area contributed by atoms with E-state index in [-0.39, 0.29) is 16.2 Å². The molecule has 1 saturated heterocycles. The van der Waals surface area contributed by atoms with Crippen LogP contribution in [0.5, 0.6) is 0 Å². The molecule has 0 aliphatic carbocycles. The lowest BCUT2D eigenvalue weighted by Gasteiger charge is -2.26. The largest absolute Gasteiger partial charge is 0.379 e. The van der Waals surface area contributed by atoms with Crippen molar-refractivity contribution in [1.82, 2.24) is 15.2 Å². The number of nitrogens with zero attached hydrogens (tertiary/aromatic N) is 1. The van der Waals surface area contributed by atoms with Crippen molar-refractivity contribution in [3.63, 3.8) is 0 Å². The predicted octanol–water partition coefficient (Wildman–Crippen LogP) is 5.37. The minimum atomic E-state index is -3.80. The van der Waals surface area contributed by atoms with Gasteiger partial charge in [0, 0.05) is 58.1 Å². The first-order chi connectivity index (χ1) is 19.0. The zero-order valence-electron chi connectivity index (χ0n) is 23.3. The second kappa shape index (κ2) is 11.4. The summed E-state index contributed by atoms with van der Waals surface area (Å²) in [7, 11) is -3.80. The molecule has 1 amide bonds. The summed E-state index contributed by atoms with van der Waals surface area (Å²) in [5.41, 5.74) is 3.42. The molecule has 0 radical (unpaired) electrons. The Kier molecular flexibility index (Phi) is 8.05. The number of ether oxygens (including phenoxy) is 1. The molecule has 10 heteroatoms. The molecular weight excluding hydrogens is 544 g/mol. The third-order valence-corrected chi connectivity index (χ3v) is 9.53. The number of aromatic amines is 1. The van der Waals surface area contributed by atoms with Crippen LogP contribution in [0.4, 0.5) is 5.69 Å². The average Bonchev–Trinajstić information content (AvgIpc) is 3.51. The van der Waals surface area contributed by atoms with Gasteiger partial charge in [0.2, 0.25) is 0 Å². The Hall–Kier alpha value is -3.18. The van der Waals surface area contributed by atoms with Crippen LogP contribution in [0.2, 0.25) is 0 Å². The van der Waals surface area contributed by atoms with Crippen LogP contribution in [-0.4, -0.2) is 63.6 Å². The number of rotatable bonds is 8. The lowest BCUT2D eigenvalue weighted by molar-refractivity contribution is 0.0383. The Morgan fingerprint density at radius 1 is 1.05 bits per heavy atom. The Morgan fingerprint density at radius 3 is 2.42 bits per heavy atom. The number of aryl methyl sites for hydroxylation is 1. The number of aromatic nitrogens is 1. The Labute approximate surface area is 239 Å². The molecule has 1 fully saturated rings. The second-order valence-corrected chi connectivity index (χ2v) is 14.1. The monoisotopic (exact) mass is 580 g/mol. The number of amides is 1. The highest BCUT2D eigenvalue weighted by Crippen LogP contribution is 2.38. The van der Waals surface area contributed by atoms with Gasteiger partial charge in [-0.05, 0) is 60.4 Å². The smallest absolute Gasteiger partial charge is 0.268 e. The van der Waals surface area contributed by atoms with Crippen LogP contribution in [0.1, 0.15) is 41.7 Å². The van der Waals surface area contributed by atoms with Crippen molar-refractivity contribution in [2.75, 3.05) is 44.1 Å². The molecule has 8 nitrogen and oxygen atoms in total. The fourth-order valence-electron chi connectivity index (χ4n) is 4.84. The van der Waals surface area contributed by atoms with Crippen LogP contribution < -0.4 is 10.0 Å². The SMILES string of the molecule is Cc1ccc(-c2c(C(=O)NCCN3CCOCC3)[nH]c3ccc(NS(=O)(=O)c4ccc(C(C)(C)C)cc4)cc23)s1. The topological polar surface area (TPSA) is 104 Å². The molecule has 0 bridgehead atoms. The van der Waals surface area contributed by atoms with E-state index in [9.17, 15) is 13.2 Å². The van der Waals surface area contributed by atoms with Gasteiger partial charge in [0.1, 0.15) is 5.69 Å². The first-order valence-corrected chi connectivity index (χ1v) is 15.8. The summed E-state index contributed by atoms with van der Waals surface area (Å²) >= 11 is 1.60. The van der Waals surface area contributed by atoms with E-state index in [2.05, 4.69) is 40.7 Å². The van der Waals surface area contributed by atoms with Crippen LogP contribution >= 0.6 is 11.3 Å². The predicted molar refractivity (Wildman–Crippen MR) is 162 cm³/mol. The number of benzene rings is 2. The molecule has 212 valence electrons. The number of morpholine rings is 1. The van der Waals surface area contributed by atoms with Crippen LogP contribution in [-0.2, 0) is 20.2 Å². The van der Waals surface area contributed by atoms with Crippen molar-refractivity contribution >= 4 is 43.9 Å². The Morgan fingerprint density at radius 2 is 1.77 bits per heavy atom. The van der Waals surface area contributed by atoms with E-state index in [0.717, 1.165) is 51.4 Å². The lowest BCUT2D eigenvalue weighted by atomic mass is 9.87. The molecule has 1 aliphatic heterocycles. The maximum atomic E-state index is 13.4. The zero-order chi connectivity index (χ0) is 28.5. The number of anilines is 1. The summed E-state index contributed by atoms with van der Waals surface area (Å²) in [5.74, 6) is -0.188. The van der Waals surface area contributed by atoms with E-state index in [1.807, 2.05) is 37.3 Å². The first kappa shape index (κ1) is 28.4. The number of fused-ring (bicyclic) bond motifs is 1. The fourth-order valence-corrected chi connectivity index (χ4v) is 6.82. The van der Waals surface area contributed by atoms with Crippen molar-refractivity contribution in [2.45, 2.75) is 38.0 Å². The van der Waals surface area contributed by atoms with E-state index in [1.54, 1.807) is 35.6 Å². The van der Waals surface area contributed by atoms with Crippen molar-refractivity contribution in [2.24, 2.45) is 0 Å². The molecule has 1 aliphatic rings. The fraction of sp³-hybridized carbons (Fsp3) is 0.367. The highest BCUT2D eigenvalue weighted by molar-refractivity contribution is 7.92. The number of nitrogens with one attached hydrogen (secondary N) is 3. The number of hydrogen-bond acceptors (Lipinski definition) is 6. The van der Waals surface area contributed by atoms with Gasteiger partial charge in [-0.15, -0.1) is 11.3 Å². The van der Waals surface area contributed by atoms with E-state index in [0.29, 0.717) is 31.1 Å². The number of H-pyrrole nitrogens is 1. The van der Waals surface area contributed by atoms with Crippen LogP contribution in [0, 0.1) is 6.92 Å². The van der Waals surface area contributed by atoms with Gasteiger partial charge in [0.25, 0.3) is 15.9 Å². The lowest BCUT2D eigenvalue weighted by Crippen LogP contribution is -2.41. The molecule has 4 aromatic rings. The van der Waals surface area contributed by atoms with E-state index in [4.69, 9.17) is 4.74 Å². The molecule has 5 rings (SSSR count). The van der Waals surface area contributed by atoms with Crippen molar-refractivity contribution in [3.8, 4) is 10.4 Å². The van der Waals surface area contributed by atoms with Gasteiger partial charge in [0.05, 0.1) is 18.1 Å². The first-order valence-electron chi connectivity index (χ1n) is 13.5. The Balaban J connectivity index is 1.42. The Bertz CT molecular complexity index is 1610. The van der Waals surface area contributed by atoms with Gasteiger partial charge in [-0.3, -0.25) is 14.4 Å². The third-order valence-electron chi connectivity index (χ3n) is 7.11. The highest BCUT2D eigenvalue weighted by atomic mass is 32.2. The standard InChI is InChI=1S/C30H36N4O4S2/c1-20-5-12-26(39-20)27-24-19-22(33-40(36,37)23-9-6-21(7-10-23)30(2,3)4)8-11-25(24)32-28(27)29(35)31-13-14-34-15-17-38-18-16-34/h5-12,19,32-33H,13-18H2,1-4H3,(H,31,35). The average molecular weight is 581 g/mol. The van der Waals surface area contributed by atoms with Crippen molar-refractivity contribution in [1.29, 1.82) is 0 Å². The minimum absolute atomic E-state index is 0.0713. The maximum Gasteiger partial charge on any atom is 0.268 e. The summed E-state index contributed by atoms with van der Waals surface area (Å²) in [4.78, 5) is 21.2. The normalized spacial score (nSPS) is 14.9. The van der Waals surface area contributed by atoms with E-state index < -0.39 is 10.0 Å². The zero-order valence-corrected chi connectivity index (χ0v) is 25.0. The van der Waals surface area contributed by atoms with Gasteiger partial charge >= 0.3 is 0 Å². The molecule has 2 aromatic heterocycles. The van der Waals surface area contributed by atoms with Gasteiger partial charge in [-0.25, -0.2) is 8.42 Å². The van der Waals surface area contributed by atoms with Gasteiger partial charge in [-0.1, -0.05) is 32.9 Å². The maximum absolute atomic E-state index is 13.4. The summed E-state index contributed by atoms with van der Waals surface area (Å²) < 4.78 is 34.6. The summed E-state index contributed by atoms with van der Waals surface area (Å²) in [5, 5.41) is 3.83. The molecule has 3 heterocycles. The number of hydrogen-bond donors (Lipinski definition) is 3. The number of carbonyl (C=O) groups excluding carboxylic acids is 1. The summed E-state index contributed by atoms with van der Waals surface area (Å²) in [6.07, 6.45) is 0. The second-order valence-electron chi connectivity index (χ2n) is 11.1. The van der Waals surface area contributed by atoms with Gasteiger partial charge in [0.15, 0.2) is 0 Å². The van der Waals surface area contributed by atoms with Crippen LogP contribution in [0.25, 0.3) is 21.3 Å². The minimum Gasteiger partial charge on any atom is -0.379 e. The van der Waals surface area contributed by atoms with E-state index in [1.165, 1.54) is 0 Å². The quantitative estimate of drug-likeness (QED) is 0.260. The molecule has 0 saturated carbocycles. The van der Waals surface area contributed by atoms with Gasteiger partial charge in [-0.2, -0.15) is 0 Å². The number of sulfonamides is 1. The third kappa shape index (κ3) is 6.25. The number of carbonyl (C=O) groups is 1. The number of thiophene rings is 1. The van der Waals surface area contributed by atoms with Crippen molar-refractivity contribution < 1.29 is 17.9 Å². The molecular formula is C30H36N4O4S2. The van der Waals surface area contributed by atoms with E-state index >= 15 is 0 Å². The van der Waals surface area contributed by atoms with Crippen LogP contribution in [0.15, 0.2) is 59.5 Å². The molecule has 40 heavy (non-hydrogen) atoms. The molecule has 2 aromatic carbocycles. The van der Waals surface area contributed by atoms with Gasteiger partial charge < -0.3 is 15.0 Å². The molecule has 0 unspecified atom stereocenters. The molecule has 3 N–H and O–H groups in total. The molecule has 0 spiro atoms. The molecule has 0 atom stereocenters.